The number of likely N-dealkylation sites (N-methyl/N-ethyl adjacent to an activating group) is 1. The second-order valence-electron chi connectivity index (χ2n) is 5.31. The molecule has 0 saturated heterocycles. The average molecular weight is 303 g/mol. The van der Waals surface area contributed by atoms with Gasteiger partial charge in [0, 0.05) is 12.1 Å². The molecule has 2 aromatic rings. The van der Waals surface area contributed by atoms with Gasteiger partial charge in [-0.1, -0.05) is 35.5 Å². The normalized spacial score (nSPS) is 12.4. The van der Waals surface area contributed by atoms with Crippen LogP contribution in [0.15, 0.2) is 40.9 Å². The SMILES string of the molecule is Cc1cc(NC(=O)CN(C)C(CO)Cc2ccccc2)no1. The summed E-state index contributed by atoms with van der Waals surface area (Å²) < 4.78 is 4.90. The molecule has 0 spiro atoms. The second kappa shape index (κ2) is 7.72. The number of hydrogen-bond acceptors (Lipinski definition) is 5. The fourth-order valence-electron chi connectivity index (χ4n) is 2.21. The van der Waals surface area contributed by atoms with Crippen molar-refractivity contribution in [2.75, 3.05) is 25.5 Å². The Hall–Kier alpha value is -2.18. The number of amides is 1. The predicted molar refractivity (Wildman–Crippen MR) is 83.5 cm³/mol. The van der Waals surface area contributed by atoms with Gasteiger partial charge in [0.1, 0.15) is 5.76 Å². The Balaban J connectivity index is 1.88. The third kappa shape index (κ3) is 4.68. The number of aryl methyl sites for hydroxylation is 1. The molecule has 0 aliphatic carbocycles. The van der Waals surface area contributed by atoms with Crippen LogP contribution in [0.1, 0.15) is 11.3 Å². The van der Waals surface area contributed by atoms with Gasteiger partial charge in [0.25, 0.3) is 0 Å². The molecule has 1 atom stereocenters. The monoisotopic (exact) mass is 303 g/mol. The van der Waals surface area contributed by atoms with Crippen LogP contribution in [0, 0.1) is 6.92 Å². The molecule has 6 nitrogen and oxygen atoms in total. The molecule has 1 amide bonds. The molecule has 1 unspecified atom stereocenters. The summed E-state index contributed by atoms with van der Waals surface area (Å²) in [5.41, 5.74) is 1.13. The van der Waals surface area contributed by atoms with Crippen molar-refractivity contribution in [2.24, 2.45) is 0 Å². The van der Waals surface area contributed by atoms with Crippen LogP contribution in [0.25, 0.3) is 0 Å². The molecule has 0 bridgehead atoms. The number of aromatic nitrogens is 1. The van der Waals surface area contributed by atoms with E-state index in [2.05, 4.69) is 10.5 Å². The summed E-state index contributed by atoms with van der Waals surface area (Å²) in [4.78, 5) is 13.8. The first kappa shape index (κ1) is 16.2. The number of carbonyl (C=O) groups excluding carboxylic acids is 1. The molecular formula is C16H21N3O3. The number of carbonyl (C=O) groups is 1. The lowest BCUT2D eigenvalue weighted by molar-refractivity contribution is -0.117. The smallest absolute Gasteiger partial charge is 0.239 e. The number of anilines is 1. The summed E-state index contributed by atoms with van der Waals surface area (Å²) in [5, 5.41) is 16.0. The molecule has 118 valence electrons. The summed E-state index contributed by atoms with van der Waals surface area (Å²) >= 11 is 0. The molecule has 0 fully saturated rings. The van der Waals surface area contributed by atoms with Crippen molar-refractivity contribution < 1.29 is 14.4 Å². The van der Waals surface area contributed by atoms with Crippen LogP contribution in [0.3, 0.4) is 0 Å². The lowest BCUT2D eigenvalue weighted by Crippen LogP contribution is -2.41. The molecule has 22 heavy (non-hydrogen) atoms. The average Bonchev–Trinajstić information content (AvgIpc) is 2.90. The van der Waals surface area contributed by atoms with E-state index >= 15 is 0 Å². The molecular weight excluding hydrogens is 282 g/mol. The number of aliphatic hydroxyl groups is 1. The van der Waals surface area contributed by atoms with Gasteiger partial charge < -0.3 is 14.9 Å². The maximum absolute atomic E-state index is 12.0. The fraction of sp³-hybridized carbons (Fsp3) is 0.375. The number of nitrogens with one attached hydrogen (secondary N) is 1. The van der Waals surface area contributed by atoms with Crippen molar-refractivity contribution in [2.45, 2.75) is 19.4 Å². The minimum absolute atomic E-state index is 0.0122. The van der Waals surface area contributed by atoms with Crippen LogP contribution in [0.4, 0.5) is 5.82 Å². The molecule has 0 aliphatic heterocycles. The number of nitrogens with zero attached hydrogens (tertiary/aromatic N) is 2. The quantitative estimate of drug-likeness (QED) is 0.809. The largest absolute Gasteiger partial charge is 0.395 e. The first-order chi connectivity index (χ1) is 10.6. The van der Waals surface area contributed by atoms with Gasteiger partial charge in [0.2, 0.25) is 5.91 Å². The molecule has 0 radical (unpaired) electrons. The van der Waals surface area contributed by atoms with Crippen LogP contribution < -0.4 is 5.32 Å². The Morgan fingerprint density at radius 1 is 1.41 bits per heavy atom. The molecule has 2 rings (SSSR count). The van der Waals surface area contributed by atoms with Crippen molar-refractivity contribution in [1.29, 1.82) is 0 Å². The minimum atomic E-state index is -0.192. The van der Waals surface area contributed by atoms with E-state index in [-0.39, 0.29) is 25.1 Å². The van der Waals surface area contributed by atoms with E-state index in [1.165, 1.54) is 0 Å². The Morgan fingerprint density at radius 3 is 2.73 bits per heavy atom. The summed E-state index contributed by atoms with van der Waals surface area (Å²) in [6, 6.07) is 11.4. The molecule has 1 aromatic carbocycles. The zero-order valence-electron chi connectivity index (χ0n) is 12.8. The van der Waals surface area contributed by atoms with Gasteiger partial charge in [0.05, 0.1) is 13.2 Å². The van der Waals surface area contributed by atoms with Gasteiger partial charge >= 0.3 is 0 Å². The van der Waals surface area contributed by atoms with E-state index in [1.807, 2.05) is 42.3 Å². The topological polar surface area (TPSA) is 78.6 Å². The molecule has 2 N–H and O–H groups in total. The number of rotatable bonds is 7. The number of hydrogen-bond donors (Lipinski definition) is 2. The molecule has 1 heterocycles. The van der Waals surface area contributed by atoms with E-state index in [9.17, 15) is 9.90 Å². The summed E-state index contributed by atoms with van der Waals surface area (Å²) in [6.45, 7) is 1.92. The standard InChI is InChI=1S/C16H21N3O3/c1-12-8-15(18-22-12)17-16(21)10-19(2)14(11-20)9-13-6-4-3-5-7-13/h3-8,14,20H,9-11H2,1-2H3,(H,17,18,21). The number of aliphatic hydroxyl groups excluding tert-OH is 1. The van der Waals surface area contributed by atoms with Gasteiger partial charge in [-0.15, -0.1) is 0 Å². The van der Waals surface area contributed by atoms with Gasteiger partial charge in [-0.05, 0) is 26.0 Å². The highest BCUT2D eigenvalue weighted by atomic mass is 16.5. The van der Waals surface area contributed by atoms with Crippen LogP contribution in [0.2, 0.25) is 0 Å². The zero-order valence-corrected chi connectivity index (χ0v) is 12.8. The zero-order chi connectivity index (χ0) is 15.9. The Bertz CT molecular complexity index is 598. The second-order valence-corrected chi connectivity index (χ2v) is 5.31. The van der Waals surface area contributed by atoms with E-state index < -0.39 is 0 Å². The Kier molecular flexibility index (Phi) is 5.68. The maximum Gasteiger partial charge on any atom is 0.239 e. The third-order valence-electron chi connectivity index (χ3n) is 3.44. The van der Waals surface area contributed by atoms with Crippen LogP contribution in [0.5, 0.6) is 0 Å². The third-order valence-corrected chi connectivity index (χ3v) is 3.44. The molecule has 1 aromatic heterocycles. The first-order valence-electron chi connectivity index (χ1n) is 7.16. The van der Waals surface area contributed by atoms with E-state index in [0.717, 1.165) is 5.56 Å². The first-order valence-corrected chi connectivity index (χ1v) is 7.16. The van der Waals surface area contributed by atoms with Gasteiger partial charge in [-0.25, -0.2) is 0 Å². The highest BCUT2D eigenvalue weighted by Gasteiger charge is 2.17. The minimum Gasteiger partial charge on any atom is -0.395 e. The van der Waals surface area contributed by atoms with Crippen molar-refractivity contribution in [3.63, 3.8) is 0 Å². The molecule has 6 heteroatoms. The molecule has 0 saturated carbocycles. The Labute approximate surface area is 129 Å². The lowest BCUT2D eigenvalue weighted by Gasteiger charge is -2.25. The van der Waals surface area contributed by atoms with Gasteiger partial charge in [-0.3, -0.25) is 9.69 Å². The fourth-order valence-corrected chi connectivity index (χ4v) is 2.21. The maximum atomic E-state index is 12.0. The van der Waals surface area contributed by atoms with E-state index in [0.29, 0.717) is 18.0 Å². The van der Waals surface area contributed by atoms with Gasteiger partial charge in [-0.2, -0.15) is 0 Å². The van der Waals surface area contributed by atoms with Crippen molar-refractivity contribution >= 4 is 11.7 Å². The molecule has 0 aliphatic rings. The van der Waals surface area contributed by atoms with Crippen molar-refractivity contribution in [1.82, 2.24) is 10.1 Å². The summed E-state index contributed by atoms with van der Waals surface area (Å²) in [5.74, 6) is 0.850. The summed E-state index contributed by atoms with van der Waals surface area (Å²) in [7, 11) is 1.82. The van der Waals surface area contributed by atoms with Crippen LogP contribution in [-0.4, -0.2) is 47.3 Å². The van der Waals surface area contributed by atoms with Gasteiger partial charge in [0.15, 0.2) is 5.82 Å². The lowest BCUT2D eigenvalue weighted by atomic mass is 10.1. The number of benzene rings is 1. The Morgan fingerprint density at radius 2 is 2.14 bits per heavy atom. The van der Waals surface area contributed by atoms with E-state index in [1.54, 1.807) is 13.0 Å². The van der Waals surface area contributed by atoms with E-state index in [4.69, 9.17) is 4.52 Å². The predicted octanol–water partition coefficient (Wildman–Crippen LogP) is 1.46. The van der Waals surface area contributed by atoms with Crippen LogP contribution in [-0.2, 0) is 11.2 Å². The highest BCUT2D eigenvalue weighted by Crippen LogP contribution is 2.09. The van der Waals surface area contributed by atoms with Crippen molar-refractivity contribution in [3.05, 3.63) is 47.7 Å². The van der Waals surface area contributed by atoms with Crippen molar-refractivity contribution in [3.8, 4) is 0 Å². The van der Waals surface area contributed by atoms with Crippen LogP contribution >= 0.6 is 0 Å². The summed E-state index contributed by atoms with van der Waals surface area (Å²) in [6.07, 6.45) is 0.685. The highest BCUT2D eigenvalue weighted by molar-refractivity contribution is 5.91.